The van der Waals surface area contributed by atoms with Crippen LogP contribution in [-0.2, 0) is 9.84 Å². The van der Waals surface area contributed by atoms with Crippen LogP contribution in [-0.4, -0.2) is 31.5 Å². The number of amides is 2. The van der Waals surface area contributed by atoms with Gasteiger partial charge in [0.15, 0.2) is 9.84 Å². The number of anilines is 1. The summed E-state index contributed by atoms with van der Waals surface area (Å²) < 4.78 is 37.7. The molecule has 2 aromatic rings. The molecular formula is C18H18FN3O4S. The monoisotopic (exact) mass is 391 g/mol. The minimum atomic E-state index is -3.62. The molecule has 1 saturated carbocycles. The fourth-order valence-corrected chi connectivity index (χ4v) is 3.90. The van der Waals surface area contributed by atoms with E-state index in [0.29, 0.717) is 5.56 Å². The van der Waals surface area contributed by atoms with Gasteiger partial charge in [-0.3, -0.25) is 9.59 Å². The van der Waals surface area contributed by atoms with Crippen LogP contribution in [0, 0.1) is 5.82 Å². The number of nitrogens with two attached hydrogens (primary N) is 1. The quantitative estimate of drug-likeness (QED) is 0.810. The normalized spacial score (nSPS) is 14.4. The van der Waals surface area contributed by atoms with Gasteiger partial charge in [-0.15, -0.1) is 0 Å². The van der Waals surface area contributed by atoms with Crippen LogP contribution in [0.5, 0.6) is 0 Å². The van der Waals surface area contributed by atoms with Crippen LogP contribution >= 0.6 is 0 Å². The lowest BCUT2D eigenvalue weighted by Gasteiger charge is -2.28. The minimum absolute atomic E-state index is 0.0250. The van der Waals surface area contributed by atoms with Crippen molar-refractivity contribution < 1.29 is 22.4 Å². The van der Waals surface area contributed by atoms with Crippen molar-refractivity contribution >= 4 is 27.3 Å². The summed E-state index contributed by atoms with van der Waals surface area (Å²) >= 11 is 0. The molecule has 7 nitrogen and oxygen atoms in total. The highest BCUT2D eigenvalue weighted by Crippen LogP contribution is 2.42. The highest BCUT2D eigenvalue weighted by molar-refractivity contribution is 7.90. The maximum Gasteiger partial charge on any atom is 0.275 e. The molecule has 1 fully saturated rings. The Kier molecular flexibility index (Phi) is 4.97. The van der Waals surface area contributed by atoms with Crippen molar-refractivity contribution in [1.29, 1.82) is 0 Å². The third-order valence-corrected chi connectivity index (χ3v) is 5.72. The average Bonchev–Trinajstić information content (AvgIpc) is 2.53. The lowest BCUT2D eigenvalue weighted by Crippen LogP contribution is -2.24. The van der Waals surface area contributed by atoms with Crippen LogP contribution in [0.15, 0.2) is 35.4 Å². The summed E-state index contributed by atoms with van der Waals surface area (Å²) in [5.41, 5.74) is 5.32. The van der Waals surface area contributed by atoms with E-state index < -0.39 is 27.5 Å². The lowest BCUT2D eigenvalue weighted by atomic mass is 9.79. The largest absolute Gasteiger partial charge is 0.366 e. The van der Waals surface area contributed by atoms with Gasteiger partial charge >= 0.3 is 0 Å². The summed E-state index contributed by atoms with van der Waals surface area (Å²) in [4.78, 5) is 27.9. The van der Waals surface area contributed by atoms with E-state index in [9.17, 15) is 22.4 Å². The molecule has 0 bridgehead atoms. The highest BCUT2D eigenvalue weighted by atomic mass is 32.2. The number of hydrogen-bond acceptors (Lipinski definition) is 5. The maximum atomic E-state index is 13.4. The summed E-state index contributed by atoms with van der Waals surface area (Å²) in [7, 11) is -3.62. The molecule has 1 aliphatic carbocycles. The SMILES string of the molecule is CS(=O)(=O)c1cccc(C2CCC2)c1NC(=O)c1ncc(F)cc1C(N)=O. The number of sulfone groups is 1. The molecule has 2 amide bonds. The first-order valence-corrected chi connectivity index (χ1v) is 10.2. The number of nitrogens with one attached hydrogen (secondary N) is 1. The van der Waals surface area contributed by atoms with Gasteiger partial charge < -0.3 is 11.1 Å². The second-order valence-electron chi connectivity index (χ2n) is 6.49. The van der Waals surface area contributed by atoms with Gasteiger partial charge in [-0.2, -0.15) is 0 Å². The molecule has 1 aromatic heterocycles. The Morgan fingerprint density at radius 3 is 2.56 bits per heavy atom. The Hall–Kier alpha value is -2.81. The van der Waals surface area contributed by atoms with E-state index in [4.69, 9.17) is 5.73 Å². The molecule has 3 rings (SSSR count). The standard InChI is InChI=1S/C18H18FN3O4S/c1-27(25,26)14-7-3-6-12(10-4-2-5-10)15(14)22-18(24)16-13(17(20)23)8-11(19)9-21-16/h3,6-10H,2,4-5H2,1H3,(H2,20,23)(H,22,24). The fourth-order valence-electron chi connectivity index (χ4n) is 3.03. The molecule has 0 saturated heterocycles. The van der Waals surface area contributed by atoms with Gasteiger partial charge in [-0.1, -0.05) is 18.6 Å². The summed E-state index contributed by atoms with van der Waals surface area (Å²) in [5, 5.41) is 2.56. The third kappa shape index (κ3) is 3.82. The van der Waals surface area contributed by atoms with Crippen molar-refractivity contribution in [2.24, 2.45) is 5.73 Å². The number of carbonyl (C=O) groups is 2. The Balaban J connectivity index is 2.07. The molecule has 9 heteroatoms. The Morgan fingerprint density at radius 1 is 1.30 bits per heavy atom. The van der Waals surface area contributed by atoms with Crippen molar-refractivity contribution in [3.05, 3.63) is 53.1 Å². The number of rotatable bonds is 5. The smallest absolute Gasteiger partial charge is 0.275 e. The number of hydrogen-bond donors (Lipinski definition) is 2. The van der Waals surface area contributed by atoms with Gasteiger partial charge in [0.25, 0.3) is 11.8 Å². The van der Waals surface area contributed by atoms with E-state index in [2.05, 4.69) is 10.3 Å². The first-order chi connectivity index (χ1) is 12.7. The first-order valence-electron chi connectivity index (χ1n) is 8.28. The number of para-hydroxylation sites is 1. The van der Waals surface area contributed by atoms with Gasteiger partial charge in [0.05, 0.1) is 22.3 Å². The number of benzene rings is 1. The van der Waals surface area contributed by atoms with E-state index in [1.165, 1.54) is 6.07 Å². The number of aromatic nitrogens is 1. The van der Waals surface area contributed by atoms with Crippen LogP contribution in [0.3, 0.4) is 0 Å². The van der Waals surface area contributed by atoms with Gasteiger partial charge in [0.1, 0.15) is 11.5 Å². The van der Waals surface area contributed by atoms with Gasteiger partial charge in [-0.25, -0.2) is 17.8 Å². The van der Waals surface area contributed by atoms with E-state index in [0.717, 1.165) is 37.8 Å². The van der Waals surface area contributed by atoms with Crippen LogP contribution in [0.4, 0.5) is 10.1 Å². The topological polar surface area (TPSA) is 119 Å². The van der Waals surface area contributed by atoms with E-state index in [1.54, 1.807) is 12.1 Å². The van der Waals surface area contributed by atoms with Crippen LogP contribution in [0.1, 0.15) is 51.6 Å². The lowest BCUT2D eigenvalue weighted by molar-refractivity contribution is 0.0973. The summed E-state index contributed by atoms with van der Waals surface area (Å²) in [5.74, 6) is -2.52. The zero-order valence-electron chi connectivity index (χ0n) is 14.5. The Morgan fingerprint density at radius 2 is 2.00 bits per heavy atom. The molecule has 0 atom stereocenters. The van der Waals surface area contributed by atoms with E-state index in [-0.39, 0.29) is 27.8 Å². The zero-order chi connectivity index (χ0) is 19.8. The summed E-state index contributed by atoms with van der Waals surface area (Å²) in [6.07, 6.45) is 4.63. The van der Waals surface area contributed by atoms with E-state index in [1.807, 2.05) is 0 Å². The van der Waals surface area contributed by atoms with Crippen molar-refractivity contribution in [1.82, 2.24) is 4.98 Å². The maximum absolute atomic E-state index is 13.4. The van der Waals surface area contributed by atoms with Crippen LogP contribution in [0.2, 0.25) is 0 Å². The summed E-state index contributed by atoms with van der Waals surface area (Å²) in [6, 6.07) is 5.62. The number of primary amides is 1. The number of carbonyl (C=O) groups excluding carboxylic acids is 2. The van der Waals surface area contributed by atoms with Crippen LogP contribution in [0.25, 0.3) is 0 Å². The molecule has 0 spiro atoms. The van der Waals surface area contributed by atoms with Crippen molar-refractivity contribution in [2.45, 2.75) is 30.1 Å². The molecule has 0 radical (unpaired) electrons. The van der Waals surface area contributed by atoms with Crippen LogP contribution < -0.4 is 11.1 Å². The van der Waals surface area contributed by atoms with E-state index >= 15 is 0 Å². The van der Waals surface area contributed by atoms with Crippen molar-refractivity contribution in [2.75, 3.05) is 11.6 Å². The summed E-state index contributed by atoms with van der Waals surface area (Å²) in [6.45, 7) is 0. The Labute approximate surface area is 155 Å². The zero-order valence-corrected chi connectivity index (χ0v) is 15.3. The molecule has 1 aromatic carbocycles. The molecular weight excluding hydrogens is 373 g/mol. The molecule has 0 unspecified atom stereocenters. The first kappa shape index (κ1) is 19.0. The Bertz CT molecular complexity index is 1030. The molecule has 3 N–H and O–H groups in total. The molecule has 142 valence electrons. The average molecular weight is 391 g/mol. The second-order valence-corrected chi connectivity index (χ2v) is 8.47. The predicted octanol–water partition coefficient (Wildman–Crippen LogP) is 2.24. The molecule has 1 aliphatic rings. The predicted molar refractivity (Wildman–Crippen MR) is 96.8 cm³/mol. The fraction of sp³-hybridized carbons (Fsp3) is 0.278. The molecule has 27 heavy (non-hydrogen) atoms. The van der Waals surface area contributed by atoms with Crippen molar-refractivity contribution in [3.63, 3.8) is 0 Å². The second kappa shape index (κ2) is 7.07. The minimum Gasteiger partial charge on any atom is -0.366 e. The number of halogens is 1. The van der Waals surface area contributed by atoms with Gasteiger partial charge in [0, 0.05) is 6.26 Å². The number of pyridine rings is 1. The van der Waals surface area contributed by atoms with Gasteiger partial charge in [0.2, 0.25) is 0 Å². The van der Waals surface area contributed by atoms with Crippen molar-refractivity contribution in [3.8, 4) is 0 Å². The number of nitrogens with zero attached hydrogens (tertiary/aromatic N) is 1. The molecule has 1 heterocycles. The molecule has 0 aliphatic heterocycles. The highest BCUT2D eigenvalue weighted by Gasteiger charge is 2.28. The third-order valence-electron chi connectivity index (χ3n) is 4.58. The van der Waals surface area contributed by atoms with Gasteiger partial charge in [-0.05, 0) is 36.5 Å².